The monoisotopic (exact) mass is 573 g/mol. The number of hydrogen-bond donors (Lipinski definition) is 3. The number of fused-ring (bicyclic) bond motifs is 4. The lowest BCUT2D eigenvalue weighted by Crippen LogP contribution is -2.53. The number of non-ortho nitro benzene ring substituents is 1. The molecule has 2 aromatic carbocycles. The summed E-state index contributed by atoms with van der Waals surface area (Å²) in [6, 6.07) is 10.8. The van der Waals surface area contributed by atoms with Crippen molar-refractivity contribution in [3.63, 3.8) is 0 Å². The summed E-state index contributed by atoms with van der Waals surface area (Å²) < 4.78 is 6.59. The first-order valence-electron chi connectivity index (χ1n) is 13.7. The van der Waals surface area contributed by atoms with Crippen LogP contribution in [-0.2, 0) is 33.7 Å². The first-order valence-corrected chi connectivity index (χ1v) is 13.7. The normalized spacial score (nSPS) is 17.7. The number of nitro groups is 1. The summed E-state index contributed by atoms with van der Waals surface area (Å²) in [4.78, 5) is 51.9. The highest BCUT2D eigenvalue weighted by Gasteiger charge is 2.46. The zero-order chi connectivity index (χ0) is 30.0. The van der Waals surface area contributed by atoms with Gasteiger partial charge in [-0.3, -0.25) is 34.6 Å². The predicted octanol–water partition coefficient (Wildman–Crippen LogP) is 2.27. The van der Waals surface area contributed by atoms with Crippen LogP contribution in [0.2, 0.25) is 0 Å². The van der Waals surface area contributed by atoms with E-state index in [0.717, 1.165) is 24.1 Å². The Bertz CT molecular complexity index is 1530. The third-order valence-electron chi connectivity index (χ3n) is 7.66. The average molecular weight is 574 g/mol. The number of nitro benzene ring substituents is 1. The molecule has 0 spiro atoms. The maximum absolute atomic E-state index is 14.2. The van der Waals surface area contributed by atoms with E-state index in [1.165, 1.54) is 24.3 Å². The summed E-state index contributed by atoms with van der Waals surface area (Å²) in [5.41, 5.74) is 8.59. The van der Waals surface area contributed by atoms with Crippen LogP contribution in [0.5, 0.6) is 0 Å². The van der Waals surface area contributed by atoms with Gasteiger partial charge in [-0.15, -0.1) is 0 Å². The zero-order valence-corrected chi connectivity index (χ0v) is 23.0. The highest BCUT2D eigenvalue weighted by Crippen LogP contribution is 2.43. The maximum atomic E-state index is 14.2. The van der Waals surface area contributed by atoms with Crippen LogP contribution in [0.15, 0.2) is 54.7 Å². The van der Waals surface area contributed by atoms with Gasteiger partial charge in [-0.25, -0.2) is 0 Å². The predicted molar refractivity (Wildman–Crippen MR) is 151 cm³/mol. The number of rotatable bonds is 10. The van der Waals surface area contributed by atoms with Crippen LogP contribution in [0.1, 0.15) is 58.5 Å². The number of ether oxygens (including phenoxy) is 1. The van der Waals surface area contributed by atoms with E-state index in [9.17, 15) is 24.5 Å². The molecule has 3 heterocycles. The Morgan fingerprint density at radius 3 is 2.48 bits per heavy atom. The molecule has 42 heavy (non-hydrogen) atoms. The minimum atomic E-state index is -0.953. The number of nitrogen functional groups attached to an aromatic ring is 1. The van der Waals surface area contributed by atoms with Crippen LogP contribution in [0.25, 0.3) is 0 Å². The van der Waals surface area contributed by atoms with E-state index in [4.69, 9.17) is 15.9 Å². The van der Waals surface area contributed by atoms with Gasteiger partial charge in [0.25, 0.3) is 11.6 Å². The van der Waals surface area contributed by atoms with Gasteiger partial charge < -0.3 is 20.7 Å². The standard InChI is InChI=1S/C29H31N7O6/c1-2-42-26(37)16-34-15-22-23(33-34)14-21-11-12-25(22)35(21)29(39)24(13-17-3-9-20(10-4-17)36(40)41)32-28(38)19-7-5-18(6-8-19)27(30)31/h3-10,15,21,24-25H,2,11-14,16H2,1H3,(H3,30,31)(H,32,38)/t21?,24-,25?/m0/s1. The number of carbonyl (C=O) groups is 3. The third-order valence-corrected chi connectivity index (χ3v) is 7.66. The van der Waals surface area contributed by atoms with E-state index >= 15 is 0 Å². The molecule has 0 radical (unpaired) electrons. The molecule has 2 aliphatic rings. The smallest absolute Gasteiger partial charge is 0.327 e. The lowest BCUT2D eigenvalue weighted by atomic mass is 9.97. The van der Waals surface area contributed by atoms with Crippen molar-refractivity contribution in [2.45, 2.75) is 57.3 Å². The molecule has 0 aliphatic carbocycles. The van der Waals surface area contributed by atoms with Crippen molar-refractivity contribution in [1.29, 1.82) is 5.41 Å². The summed E-state index contributed by atoms with van der Waals surface area (Å²) in [5.74, 6) is -1.26. The third kappa shape index (κ3) is 5.85. The van der Waals surface area contributed by atoms with Gasteiger partial charge in [-0.2, -0.15) is 5.10 Å². The van der Waals surface area contributed by atoms with Gasteiger partial charge in [0.2, 0.25) is 5.91 Å². The van der Waals surface area contributed by atoms with Crippen LogP contribution in [0.4, 0.5) is 5.69 Å². The second kappa shape index (κ2) is 11.8. The van der Waals surface area contributed by atoms with E-state index in [1.807, 2.05) is 4.90 Å². The molecule has 0 saturated carbocycles. The first kappa shape index (κ1) is 28.5. The summed E-state index contributed by atoms with van der Waals surface area (Å²) in [7, 11) is 0. The molecule has 1 fully saturated rings. The van der Waals surface area contributed by atoms with E-state index in [0.29, 0.717) is 23.1 Å². The van der Waals surface area contributed by atoms with Crippen LogP contribution in [0, 0.1) is 15.5 Å². The molecule has 5 rings (SSSR count). The fourth-order valence-electron chi connectivity index (χ4n) is 5.69. The van der Waals surface area contributed by atoms with Gasteiger partial charge in [-0.1, -0.05) is 24.3 Å². The molecule has 3 atom stereocenters. The van der Waals surface area contributed by atoms with Gasteiger partial charge in [0.15, 0.2) is 0 Å². The van der Waals surface area contributed by atoms with Gasteiger partial charge in [0.05, 0.1) is 23.3 Å². The maximum Gasteiger partial charge on any atom is 0.327 e. The second-order valence-electron chi connectivity index (χ2n) is 10.4. The fraction of sp³-hybridized carbons (Fsp3) is 0.345. The number of benzene rings is 2. The molecule has 3 aromatic rings. The Morgan fingerprint density at radius 2 is 1.83 bits per heavy atom. The molecular weight excluding hydrogens is 542 g/mol. The number of aromatic nitrogens is 2. The second-order valence-corrected chi connectivity index (χ2v) is 10.4. The fourth-order valence-corrected chi connectivity index (χ4v) is 5.69. The van der Waals surface area contributed by atoms with E-state index in [2.05, 4.69) is 10.4 Å². The van der Waals surface area contributed by atoms with Crippen LogP contribution < -0.4 is 11.1 Å². The number of esters is 1. The van der Waals surface area contributed by atoms with Crippen molar-refractivity contribution in [3.05, 3.63) is 92.8 Å². The highest BCUT2D eigenvalue weighted by atomic mass is 16.6. The van der Waals surface area contributed by atoms with Crippen molar-refractivity contribution in [2.24, 2.45) is 5.73 Å². The molecule has 1 saturated heterocycles. The minimum Gasteiger partial charge on any atom is -0.465 e. The van der Waals surface area contributed by atoms with Gasteiger partial charge in [0, 0.05) is 53.9 Å². The Balaban J connectivity index is 1.40. The van der Waals surface area contributed by atoms with Crippen molar-refractivity contribution in [3.8, 4) is 0 Å². The molecule has 2 bridgehead atoms. The molecule has 2 amide bonds. The molecule has 2 unspecified atom stereocenters. The number of amides is 2. The molecule has 13 nitrogen and oxygen atoms in total. The number of nitrogens with two attached hydrogens (primary N) is 1. The van der Waals surface area contributed by atoms with E-state index < -0.39 is 22.8 Å². The SMILES string of the molecule is CCOC(=O)Cn1cc2c(n1)CC1CCC2N1C(=O)[C@H](Cc1ccc([N+](=O)[O-])cc1)NC(=O)c1ccc(C(=N)N)cc1. The topological polar surface area (TPSA) is 187 Å². The van der Waals surface area contributed by atoms with Gasteiger partial charge in [0.1, 0.15) is 18.4 Å². The molecule has 4 N–H and O–H groups in total. The Labute approximate surface area is 241 Å². The largest absolute Gasteiger partial charge is 0.465 e. The number of carbonyl (C=O) groups excluding carboxylic acids is 3. The van der Waals surface area contributed by atoms with E-state index in [-0.39, 0.29) is 49.1 Å². The Kier molecular flexibility index (Phi) is 8.00. The minimum absolute atomic E-state index is 0.0204. The molecule has 13 heteroatoms. The molecule has 2 aliphatic heterocycles. The van der Waals surface area contributed by atoms with Crippen molar-refractivity contribution >= 4 is 29.3 Å². The van der Waals surface area contributed by atoms with Gasteiger partial charge in [-0.05, 0) is 37.5 Å². The average Bonchev–Trinajstić information content (AvgIpc) is 3.52. The quantitative estimate of drug-likeness (QED) is 0.108. The van der Waals surface area contributed by atoms with Crippen molar-refractivity contribution in [1.82, 2.24) is 20.0 Å². The van der Waals surface area contributed by atoms with Crippen LogP contribution >= 0.6 is 0 Å². The summed E-state index contributed by atoms with van der Waals surface area (Å²) >= 11 is 0. The van der Waals surface area contributed by atoms with Crippen molar-refractivity contribution < 1.29 is 24.0 Å². The highest BCUT2D eigenvalue weighted by molar-refractivity contribution is 6.00. The molecular formula is C29H31N7O6. The Hall–Kier alpha value is -5.07. The van der Waals surface area contributed by atoms with Gasteiger partial charge >= 0.3 is 5.97 Å². The van der Waals surface area contributed by atoms with E-state index in [1.54, 1.807) is 42.1 Å². The summed E-state index contributed by atoms with van der Waals surface area (Å²) in [5, 5.41) is 26.1. The number of amidine groups is 1. The lowest BCUT2D eigenvalue weighted by molar-refractivity contribution is -0.384. The first-order chi connectivity index (χ1) is 20.1. The summed E-state index contributed by atoms with van der Waals surface area (Å²) in [6.45, 7) is 1.99. The summed E-state index contributed by atoms with van der Waals surface area (Å²) in [6.07, 6.45) is 3.94. The molecule has 1 aromatic heterocycles. The number of nitrogens with one attached hydrogen (secondary N) is 2. The number of nitrogens with zero attached hydrogens (tertiary/aromatic N) is 4. The van der Waals surface area contributed by atoms with Crippen molar-refractivity contribution in [2.75, 3.05) is 6.61 Å². The van der Waals surface area contributed by atoms with Crippen LogP contribution in [-0.4, -0.2) is 61.9 Å². The number of hydrogen-bond acceptors (Lipinski definition) is 8. The van der Waals surface area contributed by atoms with Crippen LogP contribution in [0.3, 0.4) is 0 Å². The zero-order valence-electron chi connectivity index (χ0n) is 23.0. The Morgan fingerprint density at radius 1 is 1.14 bits per heavy atom. The lowest BCUT2D eigenvalue weighted by Gasteiger charge is -2.37. The molecule has 218 valence electrons.